The molecule has 0 saturated carbocycles. The number of quaternary nitrogens is 1. The maximum atomic E-state index is 12.7. The summed E-state index contributed by atoms with van der Waals surface area (Å²) in [7, 11) is -3.50. The highest BCUT2D eigenvalue weighted by Crippen LogP contribution is 2.23. The van der Waals surface area contributed by atoms with Crippen LogP contribution in [0.4, 0.5) is 5.69 Å². The number of rotatable bonds is 7. The first-order valence-corrected chi connectivity index (χ1v) is 11.2. The third-order valence-corrected chi connectivity index (χ3v) is 7.02. The largest absolute Gasteiger partial charge is 0.333 e. The van der Waals surface area contributed by atoms with E-state index in [2.05, 4.69) is 5.32 Å². The summed E-state index contributed by atoms with van der Waals surface area (Å²) in [5.41, 5.74) is 1.56. The summed E-state index contributed by atoms with van der Waals surface area (Å²) >= 11 is 5.90. The van der Waals surface area contributed by atoms with E-state index < -0.39 is 10.0 Å². The first-order chi connectivity index (χ1) is 13.4. The lowest BCUT2D eigenvalue weighted by atomic mass is 10.1. The molecular weight excluding hydrogens is 398 g/mol. The summed E-state index contributed by atoms with van der Waals surface area (Å²) in [5.74, 6) is -0.184. The van der Waals surface area contributed by atoms with Crippen LogP contribution in [-0.2, 0) is 14.8 Å². The van der Waals surface area contributed by atoms with Crippen molar-refractivity contribution >= 4 is 33.2 Å². The van der Waals surface area contributed by atoms with Crippen molar-refractivity contribution in [3.63, 3.8) is 0 Å². The molecule has 1 amide bonds. The van der Waals surface area contributed by atoms with Gasteiger partial charge in [0, 0.05) is 29.4 Å². The molecule has 2 aromatic rings. The first-order valence-electron chi connectivity index (χ1n) is 9.35. The van der Waals surface area contributed by atoms with Gasteiger partial charge in [-0.25, -0.2) is 8.42 Å². The molecule has 1 saturated heterocycles. The summed E-state index contributed by atoms with van der Waals surface area (Å²) in [6.45, 7) is 3.35. The molecule has 6 nitrogen and oxygen atoms in total. The zero-order chi connectivity index (χ0) is 20.1. The van der Waals surface area contributed by atoms with Crippen LogP contribution < -0.4 is 10.6 Å². The standard InChI is InChI=1S/C20H24ClN3O3S/c1-15(16-7-9-17(21)10-8-16)22-14-20(25)23-18-5-4-6-19(13-18)28(26,27)24-11-2-3-12-24/h4-10,13,15,22H,2-3,11-12,14H2,1H3,(H,23,25)/p+1/t15-/m1/s1. The molecule has 28 heavy (non-hydrogen) atoms. The minimum absolute atomic E-state index is 0.102. The van der Waals surface area contributed by atoms with Gasteiger partial charge in [-0.15, -0.1) is 0 Å². The van der Waals surface area contributed by atoms with E-state index in [1.165, 1.54) is 10.4 Å². The van der Waals surface area contributed by atoms with Gasteiger partial charge in [0.15, 0.2) is 6.54 Å². The van der Waals surface area contributed by atoms with Crippen LogP contribution in [0.5, 0.6) is 0 Å². The lowest BCUT2D eigenvalue weighted by molar-refractivity contribution is -0.682. The Morgan fingerprint density at radius 1 is 1.18 bits per heavy atom. The Labute approximate surface area is 170 Å². The van der Waals surface area contributed by atoms with Crippen LogP contribution in [-0.4, -0.2) is 38.3 Å². The van der Waals surface area contributed by atoms with Crippen LogP contribution in [0.1, 0.15) is 31.4 Å². The van der Waals surface area contributed by atoms with Crippen molar-refractivity contribution in [2.75, 3.05) is 25.0 Å². The van der Waals surface area contributed by atoms with Crippen molar-refractivity contribution in [2.45, 2.75) is 30.7 Å². The zero-order valence-corrected chi connectivity index (χ0v) is 17.3. The van der Waals surface area contributed by atoms with Crippen molar-refractivity contribution in [2.24, 2.45) is 0 Å². The van der Waals surface area contributed by atoms with Crippen LogP contribution >= 0.6 is 11.6 Å². The fraction of sp³-hybridized carbons (Fsp3) is 0.350. The van der Waals surface area contributed by atoms with Crippen LogP contribution in [0, 0.1) is 0 Å². The van der Waals surface area contributed by atoms with E-state index in [9.17, 15) is 13.2 Å². The monoisotopic (exact) mass is 422 g/mol. The van der Waals surface area contributed by atoms with Gasteiger partial charge in [0.2, 0.25) is 10.0 Å². The van der Waals surface area contributed by atoms with Gasteiger partial charge in [0.05, 0.1) is 4.90 Å². The number of carbonyl (C=O) groups is 1. The molecule has 2 aromatic carbocycles. The number of sulfonamides is 1. The normalized spacial score (nSPS) is 16.1. The van der Waals surface area contributed by atoms with Gasteiger partial charge in [-0.1, -0.05) is 29.8 Å². The molecule has 0 aliphatic carbocycles. The van der Waals surface area contributed by atoms with Crippen LogP contribution in [0.25, 0.3) is 0 Å². The molecule has 0 unspecified atom stereocenters. The average molecular weight is 423 g/mol. The maximum absolute atomic E-state index is 12.7. The fourth-order valence-corrected chi connectivity index (χ4v) is 4.90. The van der Waals surface area contributed by atoms with Gasteiger partial charge in [0.1, 0.15) is 6.04 Å². The number of nitrogens with one attached hydrogen (secondary N) is 1. The highest BCUT2D eigenvalue weighted by Gasteiger charge is 2.27. The number of halogens is 1. The first kappa shape index (κ1) is 20.8. The molecule has 1 aliphatic rings. The van der Waals surface area contributed by atoms with Crippen LogP contribution in [0.3, 0.4) is 0 Å². The molecular formula is C20H25ClN3O3S+. The molecule has 1 aliphatic heterocycles. The Morgan fingerprint density at radius 2 is 1.86 bits per heavy atom. The highest BCUT2D eigenvalue weighted by molar-refractivity contribution is 7.89. The number of benzene rings is 2. The zero-order valence-electron chi connectivity index (χ0n) is 15.8. The predicted octanol–water partition coefficient (Wildman–Crippen LogP) is 2.39. The highest BCUT2D eigenvalue weighted by atomic mass is 35.5. The minimum atomic E-state index is -3.50. The Morgan fingerprint density at radius 3 is 2.54 bits per heavy atom. The Balaban J connectivity index is 1.59. The van der Waals surface area contributed by atoms with Gasteiger partial charge in [-0.2, -0.15) is 4.31 Å². The molecule has 3 rings (SSSR count). The number of hydrogen-bond donors (Lipinski definition) is 2. The molecule has 150 valence electrons. The number of hydrogen-bond acceptors (Lipinski definition) is 3. The maximum Gasteiger partial charge on any atom is 0.279 e. The van der Waals surface area contributed by atoms with Gasteiger partial charge in [0.25, 0.3) is 5.91 Å². The molecule has 0 radical (unpaired) electrons. The topological polar surface area (TPSA) is 83.1 Å². The Hall–Kier alpha value is -1.93. The second-order valence-corrected chi connectivity index (χ2v) is 9.34. The van der Waals surface area contributed by atoms with E-state index in [0.717, 1.165) is 18.4 Å². The third kappa shape index (κ3) is 5.11. The van der Waals surface area contributed by atoms with Gasteiger partial charge in [-0.05, 0) is 50.1 Å². The van der Waals surface area contributed by atoms with Crippen LogP contribution in [0.2, 0.25) is 5.02 Å². The molecule has 1 fully saturated rings. The molecule has 8 heteroatoms. The van der Waals surface area contributed by atoms with E-state index in [0.29, 0.717) is 23.8 Å². The van der Waals surface area contributed by atoms with E-state index >= 15 is 0 Å². The van der Waals surface area contributed by atoms with E-state index in [1.54, 1.807) is 18.2 Å². The second-order valence-electron chi connectivity index (χ2n) is 6.97. The van der Waals surface area contributed by atoms with E-state index in [4.69, 9.17) is 11.6 Å². The quantitative estimate of drug-likeness (QED) is 0.718. The number of amides is 1. The summed E-state index contributed by atoms with van der Waals surface area (Å²) < 4.78 is 26.8. The van der Waals surface area contributed by atoms with E-state index in [1.807, 2.05) is 36.5 Å². The molecule has 3 N–H and O–H groups in total. The molecule has 0 aromatic heterocycles. The lowest BCUT2D eigenvalue weighted by Gasteiger charge is -2.16. The second kappa shape index (κ2) is 9.05. The number of nitrogens with two attached hydrogens (primary N) is 1. The lowest BCUT2D eigenvalue weighted by Crippen LogP contribution is -2.86. The van der Waals surface area contributed by atoms with Gasteiger partial charge in [-0.3, -0.25) is 4.79 Å². The number of anilines is 1. The van der Waals surface area contributed by atoms with Crippen molar-refractivity contribution in [1.29, 1.82) is 0 Å². The smallest absolute Gasteiger partial charge is 0.279 e. The van der Waals surface area contributed by atoms with Gasteiger partial charge < -0.3 is 10.6 Å². The SMILES string of the molecule is C[C@@H]([NH2+]CC(=O)Nc1cccc(S(=O)(=O)N2CCCC2)c1)c1ccc(Cl)cc1. The average Bonchev–Trinajstić information content (AvgIpc) is 3.22. The number of nitrogens with zero attached hydrogens (tertiary/aromatic N) is 1. The van der Waals surface area contributed by atoms with Crippen molar-refractivity contribution in [3.05, 3.63) is 59.1 Å². The van der Waals surface area contributed by atoms with Crippen LogP contribution in [0.15, 0.2) is 53.4 Å². The Kier molecular flexibility index (Phi) is 6.72. The summed E-state index contributed by atoms with van der Waals surface area (Å²) in [4.78, 5) is 12.5. The molecule has 0 bridgehead atoms. The van der Waals surface area contributed by atoms with Gasteiger partial charge >= 0.3 is 0 Å². The van der Waals surface area contributed by atoms with Crippen molar-refractivity contribution in [3.8, 4) is 0 Å². The minimum Gasteiger partial charge on any atom is -0.333 e. The fourth-order valence-electron chi connectivity index (χ4n) is 3.21. The summed E-state index contributed by atoms with van der Waals surface area (Å²) in [6, 6.07) is 14.1. The molecule has 0 spiro atoms. The van der Waals surface area contributed by atoms with Crippen molar-refractivity contribution in [1.82, 2.24) is 4.31 Å². The predicted molar refractivity (Wildman–Crippen MR) is 110 cm³/mol. The molecule has 1 heterocycles. The summed E-state index contributed by atoms with van der Waals surface area (Å²) in [6.07, 6.45) is 1.77. The number of carbonyl (C=O) groups excluding carboxylic acids is 1. The molecule has 1 atom stereocenters. The summed E-state index contributed by atoms with van der Waals surface area (Å²) in [5, 5.41) is 5.38. The van der Waals surface area contributed by atoms with Crippen molar-refractivity contribution < 1.29 is 18.5 Å². The third-order valence-electron chi connectivity index (χ3n) is 4.87. The Bertz CT molecular complexity index is 926. The van der Waals surface area contributed by atoms with E-state index in [-0.39, 0.29) is 23.4 Å².